The third kappa shape index (κ3) is 3.90. The Balaban J connectivity index is 1.30. The van der Waals surface area contributed by atoms with Gasteiger partial charge in [-0.25, -0.2) is 0 Å². The van der Waals surface area contributed by atoms with Crippen LogP contribution in [0.2, 0.25) is 0 Å². The molecule has 200 valence electrons. The van der Waals surface area contributed by atoms with E-state index in [2.05, 4.69) is 127 Å². The summed E-state index contributed by atoms with van der Waals surface area (Å²) >= 11 is 1.70. The van der Waals surface area contributed by atoms with E-state index in [0.717, 1.165) is 37.5 Å². The van der Waals surface area contributed by atoms with Crippen LogP contribution < -0.4 is 0 Å². The summed E-state index contributed by atoms with van der Waals surface area (Å²) in [7, 11) is 0. The van der Waals surface area contributed by atoms with Crippen molar-refractivity contribution in [1.82, 2.24) is 0 Å². The highest BCUT2D eigenvalue weighted by Gasteiger charge is 2.17. The molecule has 0 amide bonds. The lowest BCUT2D eigenvalue weighted by atomic mass is 9.85. The van der Waals surface area contributed by atoms with Gasteiger partial charge in [-0.15, -0.1) is 11.3 Å². The Labute approximate surface area is 256 Å². The summed E-state index contributed by atoms with van der Waals surface area (Å²) in [5, 5.41) is 9.36. The summed E-state index contributed by atoms with van der Waals surface area (Å²) < 4.78 is 19.3. The lowest BCUT2D eigenvalue weighted by Crippen LogP contribution is -1.91. The normalized spacial score (nSPS) is 12.4. The average molecular weight is 565 g/mol. The van der Waals surface area contributed by atoms with Crippen molar-refractivity contribution in [2.75, 3.05) is 0 Å². The Morgan fingerprint density at radius 2 is 1.00 bits per heavy atom. The van der Waals surface area contributed by atoms with Crippen LogP contribution in [-0.4, -0.2) is 0 Å². The Morgan fingerprint density at radius 3 is 1.74 bits per heavy atom. The van der Waals surface area contributed by atoms with Gasteiger partial charge in [-0.05, 0) is 96.0 Å². The molecule has 1 heterocycles. The van der Waals surface area contributed by atoms with Crippen LogP contribution in [0.15, 0.2) is 158 Å². The lowest BCUT2D eigenvalue weighted by molar-refractivity contribution is 1.63. The molecule has 1 aromatic heterocycles. The van der Waals surface area contributed by atoms with Crippen molar-refractivity contribution < 1.29 is 2.74 Å². The van der Waals surface area contributed by atoms with Gasteiger partial charge >= 0.3 is 0 Å². The minimum absolute atomic E-state index is 0.530. The van der Waals surface area contributed by atoms with Crippen molar-refractivity contribution >= 4 is 63.8 Å². The van der Waals surface area contributed by atoms with Crippen LogP contribution in [0.4, 0.5) is 0 Å². The van der Waals surface area contributed by atoms with E-state index < -0.39 is 0 Å². The maximum atomic E-state index is 9.05. The molecule has 9 rings (SSSR count). The molecule has 0 aliphatic heterocycles. The molecule has 0 fully saturated rings. The standard InChI is InChI=1S/C42H26S/c1-2-11-28-24-30(21-20-27(28)10-1)29-12-9-13-31(25-29)41-34-15-3-5-17-36(34)42(37-18-6-4-16-35(37)41)32-22-23-40-38(26-32)33-14-7-8-19-39(33)43-40/h1-26H/i1D,23D. The monoisotopic (exact) mass is 564 g/mol. The van der Waals surface area contributed by atoms with Crippen LogP contribution in [0.3, 0.4) is 0 Å². The van der Waals surface area contributed by atoms with Crippen LogP contribution in [0.1, 0.15) is 2.74 Å². The van der Waals surface area contributed by atoms with E-state index in [9.17, 15) is 0 Å². The van der Waals surface area contributed by atoms with Crippen LogP contribution in [0.5, 0.6) is 0 Å². The summed E-state index contributed by atoms with van der Waals surface area (Å²) in [6.07, 6.45) is 0. The summed E-state index contributed by atoms with van der Waals surface area (Å²) in [5.41, 5.74) is 6.97. The summed E-state index contributed by atoms with van der Waals surface area (Å²) in [6.45, 7) is 0. The Kier molecular flexibility index (Phi) is 5.03. The highest BCUT2D eigenvalue weighted by molar-refractivity contribution is 7.25. The maximum Gasteiger partial charge on any atom is 0.0638 e. The van der Waals surface area contributed by atoms with Crippen LogP contribution in [0.25, 0.3) is 85.9 Å². The molecule has 1 heteroatoms. The molecule has 43 heavy (non-hydrogen) atoms. The summed E-state index contributed by atoms with van der Waals surface area (Å²) in [4.78, 5) is 0. The largest absolute Gasteiger partial charge is 0.135 e. The van der Waals surface area contributed by atoms with Crippen molar-refractivity contribution in [2.45, 2.75) is 0 Å². The molecule has 0 N–H and O–H groups in total. The van der Waals surface area contributed by atoms with E-state index in [1.54, 1.807) is 11.3 Å². The minimum Gasteiger partial charge on any atom is -0.135 e. The van der Waals surface area contributed by atoms with Gasteiger partial charge in [0, 0.05) is 20.2 Å². The van der Waals surface area contributed by atoms with E-state index in [4.69, 9.17) is 2.74 Å². The number of hydrogen-bond acceptors (Lipinski definition) is 1. The molecule has 0 saturated heterocycles. The van der Waals surface area contributed by atoms with Gasteiger partial charge in [-0.2, -0.15) is 0 Å². The predicted octanol–water partition coefficient (Wildman–Crippen LogP) is 12.5. The summed E-state index contributed by atoms with van der Waals surface area (Å²) in [5.74, 6) is 0. The minimum atomic E-state index is 0.530. The number of benzene rings is 8. The fraction of sp³-hybridized carbons (Fsp3) is 0. The Morgan fingerprint density at radius 1 is 0.372 bits per heavy atom. The molecule has 0 aliphatic carbocycles. The molecule has 0 bridgehead atoms. The van der Waals surface area contributed by atoms with E-state index in [-0.39, 0.29) is 0 Å². The maximum absolute atomic E-state index is 9.05. The number of rotatable bonds is 3. The molecule has 0 aliphatic rings. The highest BCUT2D eigenvalue weighted by atomic mass is 32.1. The van der Waals surface area contributed by atoms with Crippen LogP contribution >= 0.6 is 11.3 Å². The van der Waals surface area contributed by atoms with E-state index in [1.807, 2.05) is 18.2 Å². The van der Waals surface area contributed by atoms with Gasteiger partial charge in [0.25, 0.3) is 0 Å². The molecule has 0 atom stereocenters. The first-order chi connectivity index (χ1) is 22.1. The highest BCUT2D eigenvalue weighted by Crippen LogP contribution is 2.45. The van der Waals surface area contributed by atoms with E-state index in [0.29, 0.717) is 12.1 Å². The molecular formula is C42H26S. The topological polar surface area (TPSA) is 0 Å². The Bertz CT molecular complexity index is 2570. The first-order valence-electron chi connectivity index (χ1n) is 15.6. The zero-order chi connectivity index (χ0) is 30.1. The second-order valence-electron chi connectivity index (χ2n) is 11.1. The molecule has 8 aromatic carbocycles. The van der Waals surface area contributed by atoms with E-state index >= 15 is 0 Å². The number of fused-ring (bicyclic) bond motifs is 6. The third-order valence-electron chi connectivity index (χ3n) is 8.68. The fourth-order valence-electron chi connectivity index (χ4n) is 6.71. The fourth-order valence-corrected chi connectivity index (χ4v) is 7.76. The molecule has 0 spiro atoms. The van der Waals surface area contributed by atoms with Gasteiger partial charge < -0.3 is 0 Å². The summed E-state index contributed by atoms with van der Waals surface area (Å²) in [6, 6.07) is 52.5. The first kappa shape index (κ1) is 22.4. The molecule has 9 aromatic rings. The average Bonchev–Trinajstić information content (AvgIpc) is 3.46. The van der Waals surface area contributed by atoms with Gasteiger partial charge in [-0.1, -0.05) is 127 Å². The first-order valence-corrected chi connectivity index (χ1v) is 15.4. The predicted molar refractivity (Wildman–Crippen MR) is 188 cm³/mol. The molecule has 0 radical (unpaired) electrons. The van der Waals surface area contributed by atoms with Crippen molar-refractivity contribution in [3.05, 3.63) is 158 Å². The van der Waals surface area contributed by atoms with Crippen molar-refractivity contribution in [3.8, 4) is 33.4 Å². The van der Waals surface area contributed by atoms with Gasteiger partial charge in [0.1, 0.15) is 0 Å². The third-order valence-corrected chi connectivity index (χ3v) is 9.80. The lowest BCUT2D eigenvalue weighted by Gasteiger charge is -2.18. The van der Waals surface area contributed by atoms with Crippen molar-refractivity contribution in [1.29, 1.82) is 0 Å². The SMILES string of the molecule is [2H]c1ccc2cc(-c3cccc(-c4c5ccccc5c(-c5cc([2H])c6sc7ccccc7c6c5)c5ccccc45)c3)ccc2c1. The smallest absolute Gasteiger partial charge is 0.0638 e. The van der Waals surface area contributed by atoms with Crippen molar-refractivity contribution in [2.24, 2.45) is 0 Å². The number of hydrogen-bond donors (Lipinski definition) is 0. The second-order valence-corrected chi connectivity index (χ2v) is 12.2. The zero-order valence-corrected chi connectivity index (χ0v) is 24.1. The van der Waals surface area contributed by atoms with Gasteiger partial charge in [0.05, 0.1) is 2.74 Å². The van der Waals surface area contributed by atoms with Gasteiger partial charge in [-0.3, -0.25) is 0 Å². The quantitative estimate of drug-likeness (QED) is 0.187. The molecular weight excluding hydrogens is 537 g/mol. The van der Waals surface area contributed by atoms with Crippen molar-refractivity contribution in [3.63, 3.8) is 0 Å². The second kappa shape index (κ2) is 9.66. The molecule has 0 saturated carbocycles. The molecule has 0 unspecified atom stereocenters. The van der Waals surface area contributed by atoms with Crippen LogP contribution in [0, 0.1) is 0 Å². The zero-order valence-electron chi connectivity index (χ0n) is 25.3. The molecule has 0 nitrogen and oxygen atoms in total. The van der Waals surface area contributed by atoms with Gasteiger partial charge in [0.15, 0.2) is 0 Å². The van der Waals surface area contributed by atoms with Crippen LogP contribution in [-0.2, 0) is 0 Å². The Hall–Kier alpha value is -5.24. The van der Waals surface area contributed by atoms with Gasteiger partial charge in [0.2, 0.25) is 0 Å². The number of thiophene rings is 1. The van der Waals surface area contributed by atoms with E-state index in [1.165, 1.54) is 48.3 Å².